The minimum absolute atomic E-state index is 0.0204. The molecule has 1 aliphatic rings. The van der Waals surface area contributed by atoms with Crippen molar-refractivity contribution in [1.82, 2.24) is 0 Å². The Hall–Kier alpha value is -1.22. The minimum Gasteiger partial charge on any atom is -0.456 e. The number of benzene rings is 1. The third-order valence-electron chi connectivity index (χ3n) is 1.57. The van der Waals surface area contributed by atoms with E-state index < -0.39 is 5.97 Å². The summed E-state index contributed by atoms with van der Waals surface area (Å²) in [5.74, 6) is 0.134. The maximum absolute atomic E-state index is 11.1. The summed E-state index contributed by atoms with van der Waals surface area (Å²) in [5.41, 5.74) is 0.383. The van der Waals surface area contributed by atoms with Crippen LogP contribution in [0.1, 0.15) is 10.4 Å². The van der Waals surface area contributed by atoms with Crippen LogP contribution in [-0.2, 0) is 4.74 Å². The first kappa shape index (κ1) is 7.43. The van der Waals surface area contributed by atoms with E-state index in [1.54, 1.807) is 12.1 Å². The Bertz CT molecular complexity index is 335. The molecule has 1 aromatic carbocycles. The summed E-state index contributed by atoms with van der Waals surface area (Å²) in [7, 11) is 0. The van der Waals surface area contributed by atoms with Gasteiger partial charge in [-0.3, -0.25) is 0 Å². The number of esters is 1. The second-order valence-electron chi connectivity index (χ2n) is 2.33. The lowest BCUT2D eigenvalue weighted by molar-refractivity contribution is 0.00492. The number of carbonyl (C=O) groups excluding carboxylic acids is 1. The highest BCUT2D eigenvalue weighted by molar-refractivity contribution is 6.31. The number of cyclic esters (lactones) is 1. The molecule has 0 saturated heterocycles. The predicted molar refractivity (Wildman–Crippen MR) is 42.4 cm³/mol. The molecule has 0 spiro atoms. The fraction of sp³-hybridized carbons (Fsp3) is 0.125. The third kappa shape index (κ3) is 1.12. The normalized spacial score (nSPS) is 14.6. The van der Waals surface area contributed by atoms with Crippen LogP contribution in [0.3, 0.4) is 0 Å². The van der Waals surface area contributed by atoms with Crippen LogP contribution >= 0.6 is 11.6 Å². The summed E-state index contributed by atoms with van der Waals surface area (Å²) in [5, 5.41) is 0.496. The lowest BCUT2D eigenvalue weighted by Crippen LogP contribution is -2.18. The van der Waals surface area contributed by atoms with E-state index >= 15 is 0 Å². The van der Waals surface area contributed by atoms with Gasteiger partial charge >= 0.3 is 5.97 Å². The Balaban J connectivity index is 2.54. The smallest absolute Gasteiger partial charge is 0.344 e. The number of fused-ring (bicyclic) bond motifs is 1. The van der Waals surface area contributed by atoms with Gasteiger partial charge in [-0.25, -0.2) is 4.79 Å². The monoisotopic (exact) mass is 184 g/mol. The maximum Gasteiger partial charge on any atom is 0.344 e. The summed E-state index contributed by atoms with van der Waals surface area (Å²) >= 11 is 5.68. The zero-order valence-electron chi connectivity index (χ0n) is 6.04. The van der Waals surface area contributed by atoms with E-state index in [0.29, 0.717) is 16.3 Å². The van der Waals surface area contributed by atoms with Gasteiger partial charge in [-0.15, -0.1) is 0 Å². The molecule has 0 fully saturated rings. The molecule has 3 nitrogen and oxygen atoms in total. The zero-order valence-corrected chi connectivity index (χ0v) is 6.80. The molecule has 0 amide bonds. The summed E-state index contributed by atoms with van der Waals surface area (Å²) < 4.78 is 9.69. The Labute approximate surface area is 73.8 Å². The predicted octanol–water partition coefficient (Wildman–Crippen LogP) is 1.85. The fourth-order valence-electron chi connectivity index (χ4n) is 1.01. The van der Waals surface area contributed by atoms with Crippen LogP contribution in [0.15, 0.2) is 18.2 Å². The first-order valence-electron chi connectivity index (χ1n) is 3.37. The van der Waals surface area contributed by atoms with E-state index in [2.05, 4.69) is 4.74 Å². The zero-order chi connectivity index (χ0) is 8.55. The lowest BCUT2D eigenvalue weighted by atomic mass is 10.2. The molecule has 0 saturated carbocycles. The van der Waals surface area contributed by atoms with Gasteiger partial charge in [-0.2, -0.15) is 0 Å². The number of carbonyl (C=O) groups is 1. The van der Waals surface area contributed by atoms with Crippen molar-refractivity contribution in [3.63, 3.8) is 0 Å². The third-order valence-corrected chi connectivity index (χ3v) is 1.80. The molecule has 1 heterocycles. The fourth-order valence-corrected chi connectivity index (χ4v) is 1.18. The highest BCUT2D eigenvalue weighted by Gasteiger charge is 2.19. The van der Waals surface area contributed by atoms with Crippen molar-refractivity contribution in [3.05, 3.63) is 28.8 Å². The molecule has 12 heavy (non-hydrogen) atoms. The van der Waals surface area contributed by atoms with Gasteiger partial charge in [-0.1, -0.05) is 11.6 Å². The molecule has 1 aliphatic heterocycles. The van der Waals surface area contributed by atoms with Crippen LogP contribution < -0.4 is 4.74 Å². The van der Waals surface area contributed by atoms with E-state index in [0.717, 1.165) is 0 Å². The van der Waals surface area contributed by atoms with Crippen molar-refractivity contribution in [2.45, 2.75) is 0 Å². The molecule has 0 N–H and O–H groups in total. The summed E-state index contributed by atoms with van der Waals surface area (Å²) in [6.07, 6.45) is 0. The van der Waals surface area contributed by atoms with E-state index in [9.17, 15) is 4.79 Å². The molecule has 4 heteroatoms. The van der Waals surface area contributed by atoms with E-state index in [1.165, 1.54) is 6.07 Å². The number of halogens is 1. The van der Waals surface area contributed by atoms with Crippen LogP contribution in [0.2, 0.25) is 5.02 Å². The molecular weight excluding hydrogens is 180 g/mol. The first-order valence-corrected chi connectivity index (χ1v) is 3.74. The van der Waals surface area contributed by atoms with Gasteiger partial charge in [0.15, 0.2) is 0 Å². The first-order chi connectivity index (χ1) is 5.77. The topological polar surface area (TPSA) is 35.5 Å². The number of ether oxygens (including phenoxy) is 2. The Morgan fingerprint density at radius 1 is 1.33 bits per heavy atom. The van der Waals surface area contributed by atoms with Gasteiger partial charge in [0.25, 0.3) is 0 Å². The average Bonchev–Trinajstić information content (AvgIpc) is 2.07. The van der Waals surface area contributed by atoms with Crippen molar-refractivity contribution < 1.29 is 14.3 Å². The standard InChI is InChI=1S/C8H5ClO3/c9-5-1-2-7-6(3-5)8(10)12-4-11-7/h1-3H,4H2. The van der Waals surface area contributed by atoms with Crippen molar-refractivity contribution in [1.29, 1.82) is 0 Å². The largest absolute Gasteiger partial charge is 0.456 e. The van der Waals surface area contributed by atoms with Crippen molar-refractivity contribution in [3.8, 4) is 5.75 Å². The highest BCUT2D eigenvalue weighted by atomic mass is 35.5. The van der Waals surface area contributed by atoms with Crippen LogP contribution in [0.4, 0.5) is 0 Å². The molecular formula is C8H5ClO3. The molecule has 0 unspecified atom stereocenters. The number of hydrogen-bond acceptors (Lipinski definition) is 3. The molecule has 62 valence electrons. The van der Waals surface area contributed by atoms with Crippen LogP contribution in [0.5, 0.6) is 5.75 Å². The molecule has 0 aromatic heterocycles. The molecule has 0 atom stereocenters. The summed E-state index contributed by atoms with van der Waals surface area (Å²) in [4.78, 5) is 11.1. The highest BCUT2D eigenvalue weighted by Crippen LogP contribution is 2.26. The molecule has 1 aromatic rings. The van der Waals surface area contributed by atoms with Gasteiger partial charge in [0, 0.05) is 5.02 Å². The Morgan fingerprint density at radius 2 is 2.17 bits per heavy atom. The van der Waals surface area contributed by atoms with Gasteiger partial charge in [-0.05, 0) is 18.2 Å². The number of rotatable bonds is 0. The minimum atomic E-state index is -0.390. The van der Waals surface area contributed by atoms with Crippen LogP contribution in [-0.4, -0.2) is 12.8 Å². The van der Waals surface area contributed by atoms with Crippen molar-refractivity contribution >= 4 is 17.6 Å². The van der Waals surface area contributed by atoms with Crippen molar-refractivity contribution in [2.24, 2.45) is 0 Å². The van der Waals surface area contributed by atoms with E-state index in [4.69, 9.17) is 16.3 Å². The van der Waals surface area contributed by atoms with Crippen molar-refractivity contribution in [2.75, 3.05) is 6.79 Å². The average molecular weight is 185 g/mol. The molecule has 0 aliphatic carbocycles. The van der Waals surface area contributed by atoms with Gasteiger partial charge in [0.1, 0.15) is 11.3 Å². The summed E-state index contributed by atoms with van der Waals surface area (Å²) in [6.45, 7) is -0.0204. The quantitative estimate of drug-likeness (QED) is 0.578. The second-order valence-corrected chi connectivity index (χ2v) is 2.77. The van der Waals surface area contributed by atoms with Gasteiger partial charge in [0.2, 0.25) is 6.79 Å². The Morgan fingerprint density at radius 3 is 3.00 bits per heavy atom. The second kappa shape index (κ2) is 2.68. The Kier molecular flexibility index (Phi) is 1.66. The van der Waals surface area contributed by atoms with Gasteiger partial charge < -0.3 is 9.47 Å². The van der Waals surface area contributed by atoms with E-state index in [1.807, 2.05) is 0 Å². The molecule has 0 radical (unpaired) electrons. The van der Waals surface area contributed by atoms with Gasteiger partial charge in [0.05, 0.1) is 0 Å². The molecule has 0 bridgehead atoms. The number of hydrogen-bond donors (Lipinski definition) is 0. The van der Waals surface area contributed by atoms with Crippen LogP contribution in [0, 0.1) is 0 Å². The summed E-state index contributed by atoms with van der Waals surface area (Å²) in [6, 6.07) is 4.84. The van der Waals surface area contributed by atoms with Crippen LogP contribution in [0.25, 0.3) is 0 Å². The molecule has 2 rings (SSSR count). The lowest BCUT2D eigenvalue weighted by Gasteiger charge is -2.16. The van der Waals surface area contributed by atoms with E-state index in [-0.39, 0.29) is 6.79 Å². The SMILES string of the molecule is O=C1OCOc2ccc(Cl)cc21. The maximum atomic E-state index is 11.1.